The van der Waals surface area contributed by atoms with E-state index in [0.29, 0.717) is 47.8 Å². The van der Waals surface area contributed by atoms with E-state index in [4.69, 9.17) is 18.9 Å². The van der Waals surface area contributed by atoms with Crippen LogP contribution < -0.4 is 9.47 Å². The molecular weight excluding hydrogens is 386 g/mol. The van der Waals surface area contributed by atoms with Crippen molar-refractivity contribution >= 4 is 11.8 Å². The van der Waals surface area contributed by atoms with Gasteiger partial charge in [0.05, 0.1) is 26.9 Å². The average molecular weight is 415 g/mol. The summed E-state index contributed by atoms with van der Waals surface area (Å²) in [5.41, 5.74) is 3.36. The second-order valence-corrected chi connectivity index (χ2v) is 7.68. The summed E-state index contributed by atoms with van der Waals surface area (Å²) in [6.07, 6.45) is 1.08. The van der Waals surface area contributed by atoms with Gasteiger partial charge in [0, 0.05) is 17.7 Å². The fourth-order valence-electron chi connectivity index (χ4n) is 3.87. The minimum Gasteiger partial charge on any atom is -0.493 e. The summed E-state index contributed by atoms with van der Waals surface area (Å²) < 4.78 is 21.4. The third-order valence-electron chi connectivity index (χ3n) is 5.34. The molecule has 0 fully saturated rings. The lowest BCUT2D eigenvalue weighted by Crippen LogP contribution is -2.18. The van der Waals surface area contributed by atoms with Crippen LogP contribution in [0, 0.1) is 6.92 Å². The van der Waals surface area contributed by atoms with Gasteiger partial charge in [-0.1, -0.05) is 6.07 Å². The molecule has 0 unspecified atom stereocenters. The minimum atomic E-state index is -0.468. The summed E-state index contributed by atoms with van der Waals surface area (Å²) in [6.45, 7) is 6.13. The lowest BCUT2D eigenvalue weighted by atomic mass is 9.81. The number of benzene rings is 1. The van der Waals surface area contributed by atoms with E-state index in [-0.39, 0.29) is 24.4 Å². The molecule has 1 N–H and O–H groups in total. The Hall–Kier alpha value is -2.80. The molecule has 1 heterocycles. The van der Waals surface area contributed by atoms with Crippen LogP contribution in [0.2, 0.25) is 0 Å². The number of aromatic amines is 1. The Bertz CT molecular complexity index is 930. The van der Waals surface area contributed by atoms with Crippen LogP contribution >= 0.6 is 0 Å². The van der Waals surface area contributed by atoms with Gasteiger partial charge in [0.1, 0.15) is 12.3 Å². The Morgan fingerprint density at radius 3 is 2.53 bits per heavy atom. The number of ketones is 1. The quantitative estimate of drug-likeness (QED) is 0.521. The first-order chi connectivity index (χ1) is 14.3. The summed E-state index contributed by atoms with van der Waals surface area (Å²) in [6, 6.07) is 5.70. The number of ether oxygens (including phenoxy) is 4. The molecule has 0 aliphatic heterocycles. The highest BCUT2D eigenvalue weighted by atomic mass is 16.6. The number of H-pyrrole nitrogens is 1. The average Bonchev–Trinajstić information content (AvgIpc) is 3.07. The van der Waals surface area contributed by atoms with Gasteiger partial charge in [-0.05, 0) is 56.4 Å². The Morgan fingerprint density at radius 1 is 1.13 bits per heavy atom. The normalized spacial score (nSPS) is 15.8. The van der Waals surface area contributed by atoms with Crippen molar-refractivity contribution in [2.45, 2.75) is 45.6 Å². The molecule has 1 aliphatic rings. The van der Waals surface area contributed by atoms with Gasteiger partial charge < -0.3 is 23.9 Å². The first kappa shape index (κ1) is 21.9. The van der Waals surface area contributed by atoms with Gasteiger partial charge in [0.25, 0.3) is 0 Å². The molecule has 0 bridgehead atoms. The molecule has 7 nitrogen and oxygen atoms in total. The number of carbonyl (C=O) groups is 2. The molecule has 0 amide bonds. The van der Waals surface area contributed by atoms with Crippen molar-refractivity contribution in [1.29, 1.82) is 0 Å². The van der Waals surface area contributed by atoms with E-state index < -0.39 is 5.97 Å². The van der Waals surface area contributed by atoms with Crippen LogP contribution in [0.1, 0.15) is 63.9 Å². The second-order valence-electron chi connectivity index (χ2n) is 7.68. The number of aromatic nitrogens is 1. The number of nitrogens with one attached hydrogen (secondary N) is 1. The predicted octanol–water partition coefficient (Wildman–Crippen LogP) is 3.83. The molecule has 7 heteroatoms. The number of fused-ring (bicyclic) bond motifs is 1. The van der Waals surface area contributed by atoms with Crippen LogP contribution in [0.3, 0.4) is 0 Å². The van der Waals surface area contributed by atoms with Crippen molar-refractivity contribution in [2.75, 3.05) is 27.4 Å². The van der Waals surface area contributed by atoms with E-state index in [1.165, 1.54) is 0 Å². The van der Waals surface area contributed by atoms with Crippen LogP contribution in [-0.4, -0.2) is 50.3 Å². The van der Waals surface area contributed by atoms with Crippen molar-refractivity contribution in [2.24, 2.45) is 0 Å². The summed E-state index contributed by atoms with van der Waals surface area (Å²) in [4.78, 5) is 28.5. The van der Waals surface area contributed by atoms with Crippen LogP contribution in [0.15, 0.2) is 18.2 Å². The molecule has 1 aromatic heterocycles. The van der Waals surface area contributed by atoms with Crippen molar-refractivity contribution in [3.05, 3.63) is 46.3 Å². The smallest absolute Gasteiger partial charge is 0.355 e. The monoisotopic (exact) mass is 415 g/mol. The van der Waals surface area contributed by atoms with Gasteiger partial charge >= 0.3 is 5.97 Å². The largest absolute Gasteiger partial charge is 0.493 e. The Balaban J connectivity index is 1.78. The van der Waals surface area contributed by atoms with Crippen LogP contribution in [-0.2, 0) is 15.9 Å². The highest BCUT2D eigenvalue weighted by Crippen LogP contribution is 2.38. The van der Waals surface area contributed by atoms with E-state index in [9.17, 15) is 9.59 Å². The summed E-state index contributed by atoms with van der Waals surface area (Å²) in [7, 11) is 3.18. The molecule has 1 atom stereocenters. The molecule has 0 saturated heterocycles. The van der Waals surface area contributed by atoms with Gasteiger partial charge in [-0.15, -0.1) is 0 Å². The Labute approximate surface area is 176 Å². The number of rotatable bonds is 8. The van der Waals surface area contributed by atoms with Gasteiger partial charge in [0.2, 0.25) is 0 Å². The molecule has 162 valence electrons. The Kier molecular flexibility index (Phi) is 6.82. The zero-order chi connectivity index (χ0) is 21.8. The maximum absolute atomic E-state index is 12.9. The lowest BCUT2D eigenvalue weighted by molar-refractivity contribution is 0.0172. The highest BCUT2D eigenvalue weighted by molar-refractivity contribution is 6.03. The van der Waals surface area contributed by atoms with Gasteiger partial charge in [-0.2, -0.15) is 0 Å². The lowest BCUT2D eigenvalue weighted by Gasteiger charge is -2.23. The number of Topliss-reactive ketones (excluding diaryl/α,β-unsaturated/α-hetero) is 1. The van der Waals surface area contributed by atoms with Crippen LogP contribution in [0.4, 0.5) is 0 Å². The predicted molar refractivity (Wildman–Crippen MR) is 112 cm³/mol. The molecule has 1 aliphatic carbocycles. The Morgan fingerprint density at radius 2 is 1.87 bits per heavy atom. The van der Waals surface area contributed by atoms with Crippen LogP contribution in [0.25, 0.3) is 0 Å². The SMILES string of the molecule is COc1ccc([C@H]2CC(=O)c3c([nH]c(C(=O)OCCOC(C)C)c3C)C2)cc1OC. The number of carbonyl (C=O) groups excluding carboxylic acids is 2. The number of esters is 1. The molecule has 0 saturated carbocycles. The van der Waals surface area contributed by atoms with Gasteiger partial charge in [-0.3, -0.25) is 4.79 Å². The maximum Gasteiger partial charge on any atom is 0.355 e. The van der Waals surface area contributed by atoms with Gasteiger partial charge in [0.15, 0.2) is 17.3 Å². The standard InChI is InChI=1S/C23H29NO6/c1-13(2)29-8-9-30-23(26)22-14(3)21-17(24-22)10-16(11-18(21)25)15-6-7-19(27-4)20(12-15)28-5/h6-7,12-13,16,24H,8-11H2,1-5H3/t16-/m1/s1. The zero-order valence-corrected chi connectivity index (χ0v) is 18.2. The number of methoxy groups -OCH3 is 2. The van der Waals surface area contributed by atoms with E-state index in [1.54, 1.807) is 21.1 Å². The summed E-state index contributed by atoms with van der Waals surface area (Å²) in [5, 5.41) is 0. The molecular formula is C23H29NO6. The molecule has 0 spiro atoms. The summed E-state index contributed by atoms with van der Waals surface area (Å²) in [5.74, 6) is 0.818. The fourth-order valence-corrected chi connectivity index (χ4v) is 3.87. The molecule has 3 rings (SSSR count). The molecule has 30 heavy (non-hydrogen) atoms. The van der Waals surface area contributed by atoms with Crippen molar-refractivity contribution in [1.82, 2.24) is 4.98 Å². The van der Waals surface area contributed by atoms with Crippen molar-refractivity contribution < 1.29 is 28.5 Å². The molecule has 2 aromatic rings. The van der Waals surface area contributed by atoms with E-state index in [0.717, 1.165) is 11.3 Å². The van der Waals surface area contributed by atoms with Crippen molar-refractivity contribution in [3.63, 3.8) is 0 Å². The second kappa shape index (κ2) is 9.34. The van der Waals surface area contributed by atoms with Crippen LogP contribution in [0.5, 0.6) is 11.5 Å². The topological polar surface area (TPSA) is 86.9 Å². The van der Waals surface area contributed by atoms with E-state index >= 15 is 0 Å². The minimum absolute atomic E-state index is 0.00818. The zero-order valence-electron chi connectivity index (χ0n) is 18.2. The third kappa shape index (κ3) is 4.51. The van der Waals surface area contributed by atoms with Crippen molar-refractivity contribution in [3.8, 4) is 11.5 Å². The maximum atomic E-state index is 12.9. The van der Waals surface area contributed by atoms with Gasteiger partial charge in [-0.25, -0.2) is 4.79 Å². The third-order valence-corrected chi connectivity index (χ3v) is 5.34. The first-order valence-corrected chi connectivity index (χ1v) is 10.1. The number of hydrogen-bond donors (Lipinski definition) is 1. The van der Waals surface area contributed by atoms with E-state index in [2.05, 4.69) is 4.98 Å². The fraction of sp³-hybridized carbons (Fsp3) is 0.478. The number of hydrogen-bond acceptors (Lipinski definition) is 6. The summed E-state index contributed by atoms with van der Waals surface area (Å²) >= 11 is 0. The molecule has 0 radical (unpaired) electrons. The molecule has 1 aromatic carbocycles. The highest BCUT2D eigenvalue weighted by Gasteiger charge is 2.32. The first-order valence-electron chi connectivity index (χ1n) is 10.1. The van der Waals surface area contributed by atoms with E-state index in [1.807, 2.05) is 32.0 Å².